The van der Waals surface area contributed by atoms with Gasteiger partial charge in [0.15, 0.2) is 0 Å². The number of methoxy groups -OCH3 is 2. The van der Waals surface area contributed by atoms with E-state index < -0.39 is 0 Å². The van der Waals surface area contributed by atoms with E-state index >= 15 is 0 Å². The summed E-state index contributed by atoms with van der Waals surface area (Å²) in [6.45, 7) is 1.75. The molecule has 0 bridgehead atoms. The Morgan fingerprint density at radius 1 is 1.25 bits per heavy atom. The number of carbonyl (C=O) groups is 1. The van der Waals surface area contributed by atoms with Crippen LogP contribution in [0.2, 0.25) is 0 Å². The number of esters is 1. The fourth-order valence-corrected chi connectivity index (χ4v) is 1.36. The van der Waals surface area contributed by atoms with Gasteiger partial charge in [-0.15, -0.1) is 0 Å². The van der Waals surface area contributed by atoms with Crippen molar-refractivity contribution >= 4 is 5.97 Å². The average molecular weight is 224 g/mol. The molecule has 1 rings (SSSR count). The number of hydrogen-bond donors (Lipinski definition) is 0. The molecule has 0 N–H and O–H groups in total. The van der Waals surface area contributed by atoms with Crippen LogP contribution in [0, 0.1) is 0 Å². The molecular weight excluding hydrogens is 208 g/mol. The Hall–Kier alpha value is -1.71. The van der Waals surface area contributed by atoms with Gasteiger partial charge < -0.3 is 14.2 Å². The molecule has 4 nitrogen and oxygen atoms in total. The second-order valence-electron chi connectivity index (χ2n) is 3.27. The summed E-state index contributed by atoms with van der Waals surface area (Å²) in [6, 6.07) is 5.57. The lowest BCUT2D eigenvalue weighted by molar-refractivity contribution is -0.140. The van der Waals surface area contributed by atoms with E-state index in [1.54, 1.807) is 14.2 Å². The van der Waals surface area contributed by atoms with E-state index in [2.05, 4.69) is 0 Å². The monoisotopic (exact) mass is 224 g/mol. The molecule has 16 heavy (non-hydrogen) atoms. The first-order chi connectivity index (χ1) is 7.67. The van der Waals surface area contributed by atoms with Gasteiger partial charge in [0.2, 0.25) is 0 Å². The Kier molecular flexibility index (Phi) is 4.64. The summed E-state index contributed by atoms with van der Waals surface area (Å²) in [4.78, 5) is 10.6. The molecular formula is C12H16O4. The Morgan fingerprint density at radius 2 is 2.00 bits per heavy atom. The minimum Gasteiger partial charge on any atom is -0.497 e. The van der Waals surface area contributed by atoms with Gasteiger partial charge in [0.05, 0.1) is 20.8 Å². The van der Waals surface area contributed by atoms with Gasteiger partial charge in [0, 0.05) is 19.4 Å². The van der Waals surface area contributed by atoms with Gasteiger partial charge in [-0.2, -0.15) is 0 Å². The summed E-state index contributed by atoms with van der Waals surface area (Å²) >= 11 is 0. The fraction of sp³-hybridized carbons (Fsp3) is 0.417. The summed E-state index contributed by atoms with van der Waals surface area (Å²) < 4.78 is 15.2. The van der Waals surface area contributed by atoms with E-state index in [-0.39, 0.29) is 5.97 Å². The van der Waals surface area contributed by atoms with Gasteiger partial charge in [-0.05, 0) is 11.6 Å². The first kappa shape index (κ1) is 12.4. The van der Waals surface area contributed by atoms with Crippen molar-refractivity contribution in [1.82, 2.24) is 0 Å². The summed E-state index contributed by atoms with van der Waals surface area (Å²) in [5.41, 5.74) is 0.990. The molecule has 0 atom stereocenters. The van der Waals surface area contributed by atoms with Crippen molar-refractivity contribution in [3.05, 3.63) is 23.8 Å². The zero-order chi connectivity index (χ0) is 12.0. The normalized spacial score (nSPS) is 9.69. The van der Waals surface area contributed by atoms with Crippen LogP contribution in [0.5, 0.6) is 11.5 Å². The zero-order valence-electron chi connectivity index (χ0n) is 9.78. The highest BCUT2D eigenvalue weighted by Crippen LogP contribution is 2.24. The first-order valence-electron chi connectivity index (χ1n) is 5.01. The van der Waals surface area contributed by atoms with Crippen LogP contribution in [0.4, 0.5) is 0 Å². The molecule has 0 fully saturated rings. The van der Waals surface area contributed by atoms with Crippen LogP contribution in [0.3, 0.4) is 0 Å². The SMILES string of the molecule is COc1ccc(CCOC(C)=O)c(OC)c1. The van der Waals surface area contributed by atoms with Gasteiger partial charge in [0.25, 0.3) is 0 Å². The predicted octanol–water partition coefficient (Wildman–Crippen LogP) is 1.81. The van der Waals surface area contributed by atoms with Crippen molar-refractivity contribution in [3.63, 3.8) is 0 Å². The molecule has 0 aliphatic carbocycles. The van der Waals surface area contributed by atoms with Crippen molar-refractivity contribution in [1.29, 1.82) is 0 Å². The zero-order valence-corrected chi connectivity index (χ0v) is 9.78. The lowest BCUT2D eigenvalue weighted by Gasteiger charge is -2.10. The van der Waals surface area contributed by atoms with Gasteiger partial charge in [-0.1, -0.05) is 6.07 Å². The summed E-state index contributed by atoms with van der Waals surface area (Å²) in [7, 11) is 3.21. The third-order valence-corrected chi connectivity index (χ3v) is 2.17. The van der Waals surface area contributed by atoms with E-state index in [1.165, 1.54) is 6.92 Å². The van der Waals surface area contributed by atoms with E-state index in [0.29, 0.717) is 13.0 Å². The maximum Gasteiger partial charge on any atom is 0.302 e. The van der Waals surface area contributed by atoms with Crippen LogP contribution in [-0.4, -0.2) is 26.8 Å². The molecule has 0 saturated heterocycles. The molecule has 0 aromatic heterocycles. The van der Waals surface area contributed by atoms with Crippen LogP contribution < -0.4 is 9.47 Å². The average Bonchev–Trinajstić information content (AvgIpc) is 2.29. The molecule has 0 amide bonds. The largest absolute Gasteiger partial charge is 0.497 e. The van der Waals surface area contributed by atoms with Crippen LogP contribution in [0.15, 0.2) is 18.2 Å². The molecule has 1 aromatic carbocycles. The van der Waals surface area contributed by atoms with Crippen molar-refractivity contribution < 1.29 is 19.0 Å². The molecule has 88 valence electrons. The Labute approximate surface area is 95.1 Å². The van der Waals surface area contributed by atoms with Crippen LogP contribution in [-0.2, 0) is 16.0 Å². The van der Waals surface area contributed by atoms with E-state index in [9.17, 15) is 4.79 Å². The molecule has 0 heterocycles. The van der Waals surface area contributed by atoms with Crippen molar-refractivity contribution in [3.8, 4) is 11.5 Å². The minimum atomic E-state index is -0.271. The van der Waals surface area contributed by atoms with Gasteiger partial charge in [-0.3, -0.25) is 4.79 Å². The van der Waals surface area contributed by atoms with Gasteiger partial charge >= 0.3 is 5.97 Å². The second kappa shape index (κ2) is 6.00. The van der Waals surface area contributed by atoms with Gasteiger partial charge in [0.1, 0.15) is 11.5 Å². The van der Waals surface area contributed by atoms with Crippen LogP contribution >= 0.6 is 0 Å². The summed E-state index contributed by atoms with van der Waals surface area (Å²) in [5, 5.41) is 0. The summed E-state index contributed by atoms with van der Waals surface area (Å²) in [6.07, 6.45) is 0.632. The Morgan fingerprint density at radius 3 is 2.56 bits per heavy atom. The molecule has 0 aliphatic rings. The predicted molar refractivity (Wildman–Crippen MR) is 59.9 cm³/mol. The quantitative estimate of drug-likeness (QED) is 0.715. The van der Waals surface area contributed by atoms with E-state index in [4.69, 9.17) is 14.2 Å². The third kappa shape index (κ3) is 3.46. The lowest BCUT2D eigenvalue weighted by Crippen LogP contribution is -2.04. The lowest BCUT2D eigenvalue weighted by atomic mass is 10.1. The molecule has 0 saturated carbocycles. The third-order valence-electron chi connectivity index (χ3n) is 2.17. The number of rotatable bonds is 5. The molecule has 0 unspecified atom stereocenters. The molecule has 0 spiro atoms. The number of benzene rings is 1. The smallest absolute Gasteiger partial charge is 0.302 e. The standard InChI is InChI=1S/C12H16O4/c1-9(13)16-7-6-10-4-5-11(14-2)8-12(10)15-3/h4-5,8H,6-7H2,1-3H3. The molecule has 0 radical (unpaired) electrons. The number of ether oxygens (including phenoxy) is 3. The van der Waals surface area contributed by atoms with Crippen LogP contribution in [0.25, 0.3) is 0 Å². The van der Waals surface area contributed by atoms with E-state index in [1.807, 2.05) is 18.2 Å². The fourth-order valence-electron chi connectivity index (χ4n) is 1.36. The molecule has 4 heteroatoms. The molecule has 0 aliphatic heterocycles. The Bertz CT molecular complexity index is 360. The van der Waals surface area contributed by atoms with Crippen molar-refractivity contribution in [2.45, 2.75) is 13.3 Å². The summed E-state index contributed by atoms with van der Waals surface area (Å²) in [5.74, 6) is 1.21. The minimum absolute atomic E-state index is 0.271. The second-order valence-corrected chi connectivity index (χ2v) is 3.27. The maximum absolute atomic E-state index is 10.6. The topological polar surface area (TPSA) is 44.8 Å². The number of hydrogen-bond acceptors (Lipinski definition) is 4. The van der Waals surface area contributed by atoms with Crippen LogP contribution in [0.1, 0.15) is 12.5 Å². The molecule has 1 aromatic rings. The highest BCUT2D eigenvalue weighted by Gasteiger charge is 2.05. The highest BCUT2D eigenvalue weighted by molar-refractivity contribution is 5.65. The maximum atomic E-state index is 10.6. The number of carbonyl (C=O) groups excluding carboxylic acids is 1. The first-order valence-corrected chi connectivity index (χ1v) is 5.01. The highest BCUT2D eigenvalue weighted by atomic mass is 16.5. The van der Waals surface area contributed by atoms with Crippen molar-refractivity contribution in [2.75, 3.05) is 20.8 Å². The van der Waals surface area contributed by atoms with E-state index in [0.717, 1.165) is 17.1 Å². The van der Waals surface area contributed by atoms with Crippen molar-refractivity contribution in [2.24, 2.45) is 0 Å². The van der Waals surface area contributed by atoms with Gasteiger partial charge in [-0.25, -0.2) is 0 Å². The Balaban J connectivity index is 2.68.